The van der Waals surface area contributed by atoms with Gasteiger partial charge in [0.25, 0.3) is 5.56 Å². The second-order valence-corrected chi connectivity index (χ2v) is 6.66. The first-order chi connectivity index (χ1) is 12.2. The van der Waals surface area contributed by atoms with Crippen LogP contribution in [-0.2, 0) is 18.8 Å². The standard InChI is InChI=1S/C17H21N5O2S/c1-3-5-10-22-15-14(16(23)20-17(22)24)21(4-2)12(19-15)11-25-13-8-6-7-9-18-13/h6-9H,3-5,10-11H2,1-2H3,(H,20,23,24). The lowest BCUT2D eigenvalue weighted by molar-refractivity contribution is 0.613. The van der Waals surface area contributed by atoms with Crippen LogP contribution in [0.2, 0.25) is 0 Å². The van der Waals surface area contributed by atoms with Gasteiger partial charge in [0.2, 0.25) is 0 Å². The highest BCUT2D eigenvalue weighted by atomic mass is 32.2. The van der Waals surface area contributed by atoms with Crippen molar-refractivity contribution in [2.75, 3.05) is 0 Å². The summed E-state index contributed by atoms with van der Waals surface area (Å²) in [7, 11) is 0. The Kier molecular flexibility index (Phi) is 5.37. The molecular formula is C17H21N5O2S. The third-order valence-electron chi connectivity index (χ3n) is 4.00. The molecule has 25 heavy (non-hydrogen) atoms. The van der Waals surface area contributed by atoms with Crippen molar-refractivity contribution in [1.82, 2.24) is 24.1 Å². The zero-order chi connectivity index (χ0) is 17.8. The highest BCUT2D eigenvalue weighted by Gasteiger charge is 2.17. The van der Waals surface area contributed by atoms with Crippen LogP contribution in [0.25, 0.3) is 11.2 Å². The third-order valence-corrected chi connectivity index (χ3v) is 4.94. The van der Waals surface area contributed by atoms with Crippen molar-refractivity contribution in [3.05, 3.63) is 51.1 Å². The molecule has 0 fully saturated rings. The van der Waals surface area contributed by atoms with Crippen LogP contribution in [0.4, 0.5) is 0 Å². The maximum atomic E-state index is 12.3. The van der Waals surface area contributed by atoms with Gasteiger partial charge in [-0.2, -0.15) is 0 Å². The summed E-state index contributed by atoms with van der Waals surface area (Å²) >= 11 is 1.56. The summed E-state index contributed by atoms with van der Waals surface area (Å²) in [5, 5.41) is 0.898. The molecule has 132 valence electrons. The van der Waals surface area contributed by atoms with Crippen molar-refractivity contribution in [3.8, 4) is 0 Å². The van der Waals surface area contributed by atoms with Crippen LogP contribution >= 0.6 is 11.8 Å². The zero-order valence-electron chi connectivity index (χ0n) is 14.4. The molecule has 0 radical (unpaired) electrons. The Hall–Kier alpha value is -2.35. The van der Waals surface area contributed by atoms with Crippen LogP contribution in [0.15, 0.2) is 39.0 Å². The number of pyridine rings is 1. The molecule has 3 aromatic rings. The van der Waals surface area contributed by atoms with Crippen LogP contribution in [0.5, 0.6) is 0 Å². The summed E-state index contributed by atoms with van der Waals surface area (Å²) in [6.07, 6.45) is 3.57. The Morgan fingerprint density at radius 3 is 2.72 bits per heavy atom. The minimum Gasteiger partial charge on any atom is -0.322 e. The first-order valence-electron chi connectivity index (χ1n) is 8.41. The lowest BCUT2D eigenvalue weighted by Gasteiger charge is -2.06. The van der Waals surface area contributed by atoms with Gasteiger partial charge in [-0.1, -0.05) is 31.2 Å². The van der Waals surface area contributed by atoms with Gasteiger partial charge in [0.15, 0.2) is 11.2 Å². The normalized spacial score (nSPS) is 11.3. The van der Waals surface area contributed by atoms with Gasteiger partial charge in [-0.05, 0) is 25.5 Å². The summed E-state index contributed by atoms with van der Waals surface area (Å²) in [6, 6.07) is 5.75. The predicted octanol–water partition coefficient (Wildman–Crippen LogP) is 2.39. The molecule has 3 rings (SSSR count). The van der Waals surface area contributed by atoms with Crippen LogP contribution in [-0.4, -0.2) is 24.1 Å². The van der Waals surface area contributed by atoms with Gasteiger partial charge in [0.1, 0.15) is 5.82 Å². The van der Waals surface area contributed by atoms with Gasteiger partial charge in [-0.25, -0.2) is 14.8 Å². The molecule has 0 unspecified atom stereocenters. The quantitative estimate of drug-likeness (QED) is 0.655. The molecule has 0 aliphatic rings. The molecule has 3 aromatic heterocycles. The van der Waals surface area contributed by atoms with E-state index in [-0.39, 0.29) is 5.56 Å². The smallest absolute Gasteiger partial charge is 0.322 e. The molecule has 1 N–H and O–H groups in total. The van der Waals surface area contributed by atoms with E-state index in [1.807, 2.05) is 29.7 Å². The number of hydrogen-bond donors (Lipinski definition) is 1. The third kappa shape index (κ3) is 3.53. The topological polar surface area (TPSA) is 85.6 Å². The summed E-state index contributed by atoms with van der Waals surface area (Å²) < 4.78 is 3.45. The van der Waals surface area contributed by atoms with Crippen LogP contribution in [0, 0.1) is 0 Å². The number of hydrogen-bond acceptors (Lipinski definition) is 5. The Morgan fingerprint density at radius 2 is 2.04 bits per heavy atom. The van der Waals surface area contributed by atoms with Crippen molar-refractivity contribution in [2.45, 2.75) is 50.6 Å². The van der Waals surface area contributed by atoms with Crippen LogP contribution in [0.3, 0.4) is 0 Å². The fourth-order valence-electron chi connectivity index (χ4n) is 2.76. The molecule has 7 nitrogen and oxygen atoms in total. The number of nitrogens with zero attached hydrogens (tertiary/aromatic N) is 4. The number of thioether (sulfide) groups is 1. The van der Waals surface area contributed by atoms with Crippen molar-refractivity contribution in [3.63, 3.8) is 0 Å². The predicted molar refractivity (Wildman–Crippen MR) is 99.0 cm³/mol. The van der Waals surface area contributed by atoms with E-state index >= 15 is 0 Å². The van der Waals surface area contributed by atoms with Crippen molar-refractivity contribution >= 4 is 22.9 Å². The molecular weight excluding hydrogens is 338 g/mol. The molecule has 0 saturated carbocycles. The Morgan fingerprint density at radius 1 is 1.20 bits per heavy atom. The first kappa shape index (κ1) is 17.5. The number of unbranched alkanes of at least 4 members (excludes halogenated alkanes) is 1. The molecule has 0 bridgehead atoms. The molecule has 0 atom stereocenters. The number of aryl methyl sites for hydroxylation is 2. The minimum atomic E-state index is -0.393. The number of nitrogens with one attached hydrogen (secondary N) is 1. The van der Waals surface area contributed by atoms with Gasteiger partial charge in [-0.15, -0.1) is 0 Å². The lowest BCUT2D eigenvalue weighted by atomic mass is 10.3. The molecule has 0 saturated heterocycles. The SMILES string of the molecule is CCCCn1c(=O)[nH]c(=O)c2c1nc(CSc1ccccn1)n2CC. The van der Waals surface area contributed by atoms with E-state index in [9.17, 15) is 9.59 Å². The largest absolute Gasteiger partial charge is 0.330 e. The average molecular weight is 359 g/mol. The highest BCUT2D eigenvalue weighted by molar-refractivity contribution is 7.98. The fraction of sp³-hybridized carbons (Fsp3) is 0.412. The van der Waals surface area contributed by atoms with E-state index in [1.54, 1.807) is 22.5 Å². The first-order valence-corrected chi connectivity index (χ1v) is 9.40. The number of fused-ring (bicyclic) bond motifs is 1. The van der Waals surface area contributed by atoms with E-state index < -0.39 is 5.69 Å². The molecule has 0 aromatic carbocycles. The lowest BCUT2D eigenvalue weighted by Crippen LogP contribution is -2.31. The Labute approximate surface area is 149 Å². The van der Waals surface area contributed by atoms with Crippen LogP contribution < -0.4 is 11.2 Å². The second-order valence-electron chi connectivity index (χ2n) is 5.67. The highest BCUT2D eigenvalue weighted by Crippen LogP contribution is 2.22. The fourth-order valence-corrected chi connectivity index (χ4v) is 3.57. The van der Waals surface area contributed by atoms with Gasteiger partial charge < -0.3 is 4.57 Å². The second kappa shape index (κ2) is 7.69. The number of rotatable bonds is 7. The van der Waals surface area contributed by atoms with Gasteiger partial charge in [0, 0.05) is 19.3 Å². The molecule has 8 heteroatoms. The average Bonchev–Trinajstić information content (AvgIpc) is 2.99. The van der Waals surface area contributed by atoms with Crippen molar-refractivity contribution in [1.29, 1.82) is 0 Å². The number of H-pyrrole nitrogens is 1. The Balaban J connectivity index is 2.05. The minimum absolute atomic E-state index is 0.379. The molecule has 0 aliphatic heterocycles. The molecule has 3 heterocycles. The van der Waals surface area contributed by atoms with Gasteiger partial charge in [0.05, 0.1) is 10.8 Å². The summed E-state index contributed by atoms with van der Waals surface area (Å²) in [5.74, 6) is 1.36. The van der Waals surface area contributed by atoms with Crippen molar-refractivity contribution < 1.29 is 0 Å². The summed E-state index contributed by atoms with van der Waals surface area (Å²) in [6.45, 7) is 5.20. The summed E-state index contributed by atoms with van der Waals surface area (Å²) in [5.41, 5.74) is 0.169. The number of aromatic nitrogens is 5. The zero-order valence-corrected chi connectivity index (χ0v) is 15.2. The Bertz CT molecular complexity index is 974. The molecule has 0 spiro atoms. The van der Waals surface area contributed by atoms with Crippen LogP contribution in [0.1, 0.15) is 32.5 Å². The maximum absolute atomic E-state index is 12.3. The number of aromatic amines is 1. The maximum Gasteiger partial charge on any atom is 0.330 e. The van der Waals surface area contributed by atoms with Gasteiger partial charge in [-0.3, -0.25) is 14.3 Å². The van der Waals surface area contributed by atoms with Crippen molar-refractivity contribution in [2.24, 2.45) is 0 Å². The number of imidazole rings is 1. The van der Waals surface area contributed by atoms with E-state index in [2.05, 4.69) is 21.9 Å². The van der Waals surface area contributed by atoms with Gasteiger partial charge >= 0.3 is 5.69 Å². The summed E-state index contributed by atoms with van der Waals surface area (Å²) in [4.78, 5) is 35.9. The van der Waals surface area contributed by atoms with E-state index in [1.165, 1.54) is 0 Å². The monoisotopic (exact) mass is 359 g/mol. The molecule has 0 aliphatic carbocycles. The van der Waals surface area contributed by atoms with E-state index in [0.717, 1.165) is 23.7 Å². The van der Waals surface area contributed by atoms with E-state index in [4.69, 9.17) is 0 Å². The van der Waals surface area contributed by atoms with E-state index in [0.29, 0.717) is 30.0 Å². The molecule has 0 amide bonds.